The van der Waals surface area contributed by atoms with Gasteiger partial charge in [0, 0.05) is 16.5 Å². The Bertz CT molecular complexity index is 1420. The molecule has 0 aliphatic heterocycles. The van der Waals surface area contributed by atoms with Gasteiger partial charge in [-0.2, -0.15) is 10.2 Å². The quantitative estimate of drug-likeness (QED) is 0.292. The highest BCUT2D eigenvalue weighted by atomic mass is 16.5. The van der Waals surface area contributed by atoms with Crippen molar-refractivity contribution in [1.82, 2.24) is 20.9 Å². The number of benzene rings is 3. The van der Waals surface area contributed by atoms with E-state index in [1.807, 2.05) is 12.1 Å². The van der Waals surface area contributed by atoms with Gasteiger partial charge in [-0.15, -0.1) is 0 Å². The molecule has 2 amide bonds. The van der Waals surface area contributed by atoms with Crippen LogP contribution >= 0.6 is 0 Å². The number of nitrogens with one attached hydrogen (secondary N) is 3. The lowest BCUT2D eigenvalue weighted by molar-refractivity contribution is -0.123. The van der Waals surface area contributed by atoms with E-state index in [-0.39, 0.29) is 5.69 Å². The third kappa shape index (κ3) is 4.83. The number of hydrogen-bond acceptors (Lipinski definition) is 6. The van der Waals surface area contributed by atoms with Gasteiger partial charge >= 0.3 is 0 Å². The van der Waals surface area contributed by atoms with Crippen LogP contribution in [0.2, 0.25) is 0 Å². The second kappa shape index (κ2) is 10.2. The smallest absolute Gasteiger partial charge is 0.272 e. The largest absolute Gasteiger partial charge is 0.496 e. The molecule has 0 aliphatic rings. The normalized spacial score (nSPS) is 11.8. The number of hydrogen-bond donors (Lipinski definition) is 3. The number of carbonyl (C=O) groups excluding carboxylic acids is 2. The molecule has 0 aliphatic carbocycles. The molecule has 3 aromatic carbocycles. The number of para-hydroxylation sites is 1. The number of hydrazone groups is 1. The minimum Gasteiger partial charge on any atom is -0.496 e. The van der Waals surface area contributed by atoms with Crippen LogP contribution in [0.3, 0.4) is 0 Å². The van der Waals surface area contributed by atoms with E-state index >= 15 is 0 Å². The van der Waals surface area contributed by atoms with E-state index in [0.29, 0.717) is 27.6 Å². The van der Waals surface area contributed by atoms with E-state index in [0.717, 1.165) is 0 Å². The fraction of sp³-hybridized carbons (Fsp3) is 0.0800. The van der Waals surface area contributed by atoms with Gasteiger partial charge < -0.3 is 10.1 Å². The van der Waals surface area contributed by atoms with Gasteiger partial charge in [0.05, 0.1) is 18.7 Å². The lowest BCUT2D eigenvalue weighted by atomic mass is 10.0. The van der Waals surface area contributed by atoms with Crippen LogP contribution in [0.15, 0.2) is 88.8 Å². The molecule has 4 aromatic rings. The first-order chi connectivity index (χ1) is 16.6. The Morgan fingerprint density at radius 3 is 2.41 bits per heavy atom. The first kappa shape index (κ1) is 22.4. The highest BCUT2D eigenvalue weighted by Gasteiger charge is 2.27. The van der Waals surface area contributed by atoms with E-state index in [2.05, 4.69) is 26.0 Å². The van der Waals surface area contributed by atoms with Crippen molar-refractivity contribution in [2.75, 3.05) is 7.11 Å². The predicted molar refractivity (Wildman–Crippen MR) is 128 cm³/mol. The van der Waals surface area contributed by atoms with Crippen LogP contribution < -0.4 is 21.0 Å². The summed E-state index contributed by atoms with van der Waals surface area (Å²) in [6.07, 6.45) is 1.44. The molecule has 4 rings (SSSR count). The van der Waals surface area contributed by atoms with Crippen molar-refractivity contribution in [3.63, 3.8) is 0 Å². The summed E-state index contributed by atoms with van der Waals surface area (Å²) in [6, 6.07) is 21.1. The van der Waals surface area contributed by atoms with Crippen LogP contribution in [0.4, 0.5) is 0 Å². The average molecular weight is 455 g/mol. The Morgan fingerprint density at radius 2 is 1.65 bits per heavy atom. The Balaban J connectivity index is 1.67. The van der Waals surface area contributed by atoms with Crippen LogP contribution in [0.25, 0.3) is 10.8 Å². The van der Waals surface area contributed by atoms with E-state index in [1.54, 1.807) is 66.7 Å². The summed E-state index contributed by atoms with van der Waals surface area (Å²) in [5.41, 5.74) is 3.25. The maximum absolute atomic E-state index is 13.2. The second-order valence-corrected chi connectivity index (χ2v) is 7.23. The number of carbonyl (C=O) groups is 2. The molecule has 0 fully saturated rings. The summed E-state index contributed by atoms with van der Waals surface area (Å²) < 4.78 is 5.28. The van der Waals surface area contributed by atoms with Gasteiger partial charge in [-0.1, -0.05) is 48.5 Å². The lowest BCUT2D eigenvalue weighted by Crippen LogP contribution is -2.40. The molecule has 1 aromatic heterocycles. The third-order valence-corrected chi connectivity index (χ3v) is 5.09. The molecule has 170 valence electrons. The molecule has 1 heterocycles. The van der Waals surface area contributed by atoms with Crippen molar-refractivity contribution in [2.45, 2.75) is 6.04 Å². The zero-order valence-electron chi connectivity index (χ0n) is 18.2. The Kier molecular flexibility index (Phi) is 6.73. The number of nitrogens with zero attached hydrogens (tertiary/aromatic N) is 2. The first-order valence-electron chi connectivity index (χ1n) is 10.4. The fourth-order valence-corrected chi connectivity index (χ4v) is 3.42. The van der Waals surface area contributed by atoms with Crippen molar-refractivity contribution in [1.29, 1.82) is 0 Å². The molecule has 0 bridgehead atoms. The van der Waals surface area contributed by atoms with E-state index in [1.165, 1.54) is 13.3 Å². The first-order valence-corrected chi connectivity index (χ1v) is 10.4. The zero-order valence-corrected chi connectivity index (χ0v) is 18.2. The number of aromatic nitrogens is 2. The summed E-state index contributed by atoms with van der Waals surface area (Å²) in [5, 5.41) is 14.0. The number of ether oxygens (including phenoxy) is 1. The molecular weight excluding hydrogens is 434 g/mol. The molecule has 1 atom stereocenters. The summed E-state index contributed by atoms with van der Waals surface area (Å²) in [7, 11) is 1.54. The van der Waals surface area contributed by atoms with E-state index < -0.39 is 23.4 Å². The molecule has 34 heavy (non-hydrogen) atoms. The molecule has 9 nitrogen and oxygen atoms in total. The summed E-state index contributed by atoms with van der Waals surface area (Å²) in [6.45, 7) is 0. The zero-order chi connectivity index (χ0) is 23.9. The average Bonchev–Trinajstić information content (AvgIpc) is 2.88. The van der Waals surface area contributed by atoms with Gasteiger partial charge in [0.15, 0.2) is 6.04 Å². The van der Waals surface area contributed by atoms with Gasteiger partial charge in [-0.3, -0.25) is 14.4 Å². The minimum atomic E-state index is -1.23. The Labute approximate surface area is 194 Å². The summed E-state index contributed by atoms with van der Waals surface area (Å²) in [5.74, 6) is -0.533. The lowest BCUT2D eigenvalue weighted by Gasteiger charge is -2.18. The molecule has 0 unspecified atom stereocenters. The predicted octanol–water partition coefficient (Wildman–Crippen LogP) is 2.55. The fourth-order valence-electron chi connectivity index (χ4n) is 3.42. The maximum atomic E-state index is 13.2. The highest BCUT2D eigenvalue weighted by molar-refractivity contribution is 5.99. The highest BCUT2D eigenvalue weighted by Crippen LogP contribution is 2.20. The molecule has 0 saturated carbocycles. The second-order valence-electron chi connectivity index (χ2n) is 7.23. The molecule has 3 N–H and O–H groups in total. The topological polar surface area (TPSA) is 126 Å². The van der Waals surface area contributed by atoms with E-state index in [4.69, 9.17) is 4.74 Å². The number of fused-ring (bicyclic) bond motifs is 1. The van der Waals surface area contributed by atoms with Crippen molar-refractivity contribution < 1.29 is 14.3 Å². The number of aromatic amines is 1. The van der Waals surface area contributed by atoms with Gasteiger partial charge in [0.25, 0.3) is 17.4 Å². The van der Waals surface area contributed by atoms with Gasteiger partial charge in [0.2, 0.25) is 0 Å². The summed E-state index contributed by atoms with van der Waals surface area (Å²) >= 11 is 0. The SMILES string of the molecule is COc1ccccc1C=NNC(=O)[C@@H](NC(=O)c1ccccc1)c1n[nH]c(=O)c2ccccc12. The molecular formula is C25H21N5O4. The number of H-pyrrole nitrogens is 1. The number of amides is 2. The van der Waals surface area contributed by atoms with Crippen molar-refractivity contribution >= 4 is 28.8 Å². The number of methoxy groups -OCH3 is 1. The van der Waals surface area contributed by atoms with Crippen molar-refractivity contribution in [3.05, 3.63) is 106 Å². The van der Waals surface area contributed by atoms with Gasteiger partial charge in [-0.05, 0) is 30.3 Å². The van der Waals surface area contributed by atoms with Crippen LogP contribution in [-0.4, -0.2) is 35.3 Å². The third-order valence-electron chi connectivity index (χ3n) is 5.09. The van der Waals surface area contributed by atoms with Gasteiger partial charge in [-0.25, -0.2) is 10.5 Å². The monoisotopic (exact) mass is 455 g/mol. The van der Waals surface area contributed by atoms with Crippen LogP contribution in [-0.2, 0) is 4.79 Å². The van der Waals surface area contributed by atoms with Crippen molar-refractivity contribution in [2.24, 2.45) is 5.10 Å². The minimum absolute atomic E-state index is 0.185. The van der Waals surface area contributed by atoms with Crippen LogP contribution in [0.1, 0.15) is 27.7 Å². The molecule has 0 radical (unpaired) electrons. The maximum Gasteiger partial charge on any atom is 0.272 e. The van der Waals surface area contributed by atoms with Crippen LogP contribution in [0, 0.1) is 0 Å². The Morgan fingerprint density at radius 1 is 0.971 bits per heavy atom. The van der Waals surface area contributed by atoms with Crippen molar-refractivity contribution in [3.8, 4) is 5.75 Å². The van der Waals surface area contributed by atoms with E-state index in [9.17, 15) is 14.4 Å². The molecule has 0 saturated heterocycles. The standard InChI is InChI=1S/C25H21N5O4/c1-34-20-14-8-5-11-17(20)15-26-29-25(33)22(27-23(31)16-9-3-2-4-10-16)21-18-12-6-7-13-19(18)24(32)30-28-21/h2-15,22H,1H3,(H,27,31)(H,29,33)(H,30,32)/t22-/m0/s1. The molecule has 0 spiro atoms. The molecule has 9 heteroatoms. The number of rotatable bonds is 7. The Hall–Kier alpha value is -4.79. The van der Waals surface area contributed by atoms with Crippen LogP contribution in [0.5, 0.6) is 5.75 Å². The van der Waals surface area contributed by atoms with Gasteiger partial charge in [0.1, 0.15) is 11.4 Å². The summed E-state index contributed by atoms with van der Waals surface area (Å²) in [4.78, 5) is 38.3.